The van der Waals surface area contributed by atoms with Crippen molar-refractivity contribution in [2.24, 2.45) is 0 Å². The van der Waals surface area contributed by atoms with Gasteiger partial charge in [-0.15, -0.1) is 0 Å². The SMILES string of the molecule is Cc1ccc2nc(NCCNC(=O)Nc3ccccc3Cl)c(C#N)cc2c1. The average molecular weight is 380 g/mol. The molecule has 0 bridgehead atoms. The maximum atomic E-state index is 11.9. The molecule has 136 valence electrons. The first-order valence-corrected chi connectivity index (χ1v) is 8.79. The molecule has 0 aliphatic heterocycles. The number of aryl methyl sites for hydroxylation is 1. The third-order valence-electron chi connectivity index (χ3n) is 3.92. The highest BCUT2D eigenvalue weighted by Gasteiger charge is 2.08. The highest BCUT2D eigenvalue weighted by atomic mass is 35.5. The third-order valence-corrected chi connectivity index (χ3v) is 4.25. The Morgan fingerprint density at radius 3 is 2.78 bits per heavy atom. The smallest absolute Gasteiger partial charge is 0.319 e. The van der Waals surface area contributed by atoms with E-state index in [1.807, 2.05) is 31.2 Å². The van der Waals surface area contributed by atoms with E-state index in [9.17, 15) is 10.1 Å². The van der Waals surface area contributed by atoms with Gasteiger partial charge in [-0.3, -0.25) is 0 Å². The Labute approximate surface area is 162 Å². The highest BCUT2D eigenvalue weighted by Crippen LogP contribution is 2.21. The van der Waals surface area contributed by atoms with Crippen LogP contribution in [0.25, 0.3) is 10.9 Å². The summed E-state index contributed by atoms with van der Waals surface area (Å²) in [6, 6.07) is 16.5. The fraction of sp³-hybridized carbons (Fsp3) is 0.150. The molecule has 0 saturated heterocycles. The van der Waals surface area contributed by atoms with Crippen molar-refractivity contribution in [1.29, 1.82) is 5.26 Å². The van der Waals surface area contributed by atoms with Crippen molar-refractivity contribution >= 4 is 40.0 Å². The number of pyridine rings is 1. The van der Waals surface area contributed by atoms with Crippen LogP contribution in [-0.2, 0) is 0 Å². The molecule has 0 radical (unpaired) electrons. The predicted octanol–water partition coefficient (Wildman–Crippen LogP) is 4.30. The number of hydrogen-bond donors (Lipinski definition) is 3. The third kappa shape index (κ3) is 4.66. The van der Waals surface area contributed by atoms with E-state index < -0.39 is 0 Å². The average Bonchev–Trinajstić information content (AvgIpc) is 2.66. The van der Waals surface area contributed by atoms with Crippen LogP contribution in [0.3, 0.4) is 0 Å². The lowest BCUT2D eigenvalue weighted by atomic mass is 10.1. The second kappa shape index (κ2) is 8.39. The Balaban J connectivity index is 1.57. The van der Waals surface area contributed by atoms with E-state index in [-0.39, 0.29) is 6.03 Å². The van der Waals surface area contributed by atoms with Crippen LogP contribution < -0.4 is 16.0 Å². The Morgan fingerprint density at radius 1 is 1.19 bits per heavy atom. The first-order chi connectivity index (χ1) is 13.1. The van der Waals surface area contributed by atoms with Gasteiger partial charge < -0.3 is 16.0 Å². The summed E-state index contributed by atoms with van der Waals surface area (Å²) in [4.78, 5) is 16.4. The van der Waals surface area contributed by atoms with E-state index in [0.29, 0.717) is 35.2 Å². The van der Waals surface area contributed by atoms with E-state index in [2.05, 4.69) is 27.0 Å². The number of halogens is 1. The monoisotopic (exact) mass is 379 g/mol. The number of aromatic nitrogens is 1. The minimum atomic E-state index is -0.354. The second-order valence-electron chi connectivity index (χ2n) is 5.98. The number of anilines is 2. The summed E-state index contributed by atoms with van der Waals surface area (Å²) >= 11 is 6.01. The molecule has 2 amide bonds. The minimum Gasteiger partial charge on any atom is -0.367 e. The topological polar surface area (TPSA) is 89.8 Å². The number of nitriles is 1. The Hall–Kier alpha value is -3.30. The number of para-hydroxylation sites is 1. The number of nitrogens with one attached hydrogen (secondary N) is 3. The van der Waals surface area contributed by atoms with Gasteiger partial charge in [0.2, 0.25) is 0 Å². The van der Waals surface area contributed by atoms with E-state index in [0.717, 1.165) is 16.5 Å². The molecule has 0 spiro atoms. The van der Waals surface area contributed by atoms with Crippen molar-refractivity contribution in [3.05, 3.63) is 64.7 Å². The molecule has 1 aromatic heterocycles. The van der Waals surface area contributed by atoms with Gasteiger partial charge in [-0.05, 0) is 37.3 Å². The van der Waals surface area contributed by atoms with Gasteiger partial charge in [0.1, 0.15) is 11.9 Å². The summed E-state index contributed by atoms with van der Waals surface area (Å²) in [5, 5.41) is 19.3. The van der Waals surface area contributed by atoms with Crippen LogP contribution in [0.4, 0.5) is 16.3 Å². The zero-order valence-electron chi connectivity index (χ0n) is 14.7. The molecule has 3 aromatic rings. The van der Waals surface area contributed by atoms with Gasteiger partial charge in [-0.2, -0.15) is 5.26 Å². The van der Waals surface area contributed by atoms with Gasteiger partial charge >= 0.3 is 6.03 Å². The molecule has 7 heteroatoms. The summed E-state index contributed by atoms with van der Waals surface area (Å²) in [5.74, 6) is 0.502. The summed E-state index contributed by atoms with van der Waals surface area (Å²) in [5.41, 5.74) is 2.94. The van der Waals surface area contributed by atoms with Crippen LogP contribution in [0.15, 0.2) is 48.5 Å². The van der Waals surface area contributed by atoms with Crippen LogP contribution in [-0.4, -0.2) is 24.1 Å². The van der Waals surface area contributed by atoms with Crippen molar-refractivity contribution in [3.63, 3.8) is 0 Å². The van der Waals surface area contributed by atoms with Crippen molar-refractivity contribution in [2.75, 3.05) is 23.7 Å². The number of rotatable bonds is 5. The number of nitrogens with zero attached hydrogens (tertiary/aromatic N) is 2. The number of amides is 2. The maximum Gasteiger partial charge on any atom is 0.319 e. The molecule has 3 N–H and O–H groups in total. The molecule has 0 atom stereocenters. The Kier molecular flexibility index (Phi) is 5.74. The summed E-state index contributed by atoms with van der Waals surface area (Å²) in [7, 11) is 0. The van der Waals surface area contributed by atoms with Gasteiger partial charge in [-0.1, -0.05) is 35.4 Å². The molecular weight excluding hydrogens is 362 g/mol. The van der Waals surface area contributed by atoms with E-state index in [1.165, 1.54) is 0 Å². The Morgan fingerprint density at radius 2 is 2.00 bits per heavy atom. The van der Waals surface area contributed by atoms with Crippen molar-refractivity contribution < 1.29 is 4.79 Å². The van der Waals surface area contributed by atoms with E-state index >= 15 is 0 Å². The molecular formula is C20H18ClN5O. The van der Waals surface area contributed by atoms with Gasteiger partial charge in [0, 0.05) is 18.5 Å². The first-order valence-electron chi connectivity index (χ1n) is 8.41. The largest absolute Gasteiger partial charge is 0.367 e. The lowest BCUT2D eigenvalue weighted by Gasteiger charge is -2.11. The zero-order chi connectivity index (χ0) is 19.2. The first kappa shape index (κ1) is 18.5. The molecule has 6 nitrogen and oxygen atoms in total. The standard InChI is InChI=1S/C20H18ClN5O/c1-13-6-7-17-14(10-13)11-15(12-22)19(25-17)23-8-9-24-20(27)26-18-5-3-2-4-16(18)21/h2-7,10-11H,8-9H2,1H3,(H,23,25)(H2,24,26,27). The van der Waals surface area contributed by atoms with Gasteiger partial charge in [0.05, 0.1) is 21.8 Å². The van der Waals surface area contributed by atoms with Gasteiger partial charge in [-0.25, -0.2) is 9.78 Å². The quantitative estimate of drug-likeness (QED) is 0.576. The number of fused-ring (bicyclic) bond motifs is 1. The maximum absolute atomic E-state index is 11.9. The normalized spacial score (nSPS) is 10.3. The fourth-order valence-corrected chi connectivity index (χ4v) is 2.78. The number of carbonyl (C=O) groups is 1. The molecule has 0 unspecified atom stereocenters. The lowest BCUT2D eigenvalue weighted by molar-refractivity contribution is 0.252. The van der Waals surface area contributed by atoms with Crippen LogP contribution in [0, 0.1) is 18.3 Å². The molecule has 2 aromatic carbocycles. The van der Waals surface area contributed by atoms with Crippen molar-refractivity contribution in [2.45, 2.75) is 6.92 Å². The molecule has 0 saturated carbocycles. The van der Waals surface area contributed by atoms with Crippen LogP contribution in [0.2, 0.25) is 5.02 Å². The zero-order valence-corrected chi connectivity index (χ0v) is 15.5. The second-order valence-corrected chi connectivity index (χ2v) is 6.39. The van der Waals surface area contributed by atoms with E-state index in [4.69, 9.17) is 11.6 Å². The molecule has 0 aliphatic rings. The minimum absolute atomic E-state index is 0.354. The molecule has 3 rings (SSSR count). The van der Waals surface area contributed by atoms with Crippen LogP contribution in [0.1, 0.15) is 11.1 Å². The van der Waals surface area contributed by atoms with Crippen LogP contribution >= 0.6 is 11.6 Å². The van der Waals surface area contributed by atoms with Gasteiger partial charge in [0.25, 0.3) is 0 Å². The number of carbonyl (C=O) groups excluding carboxylic acids is 1. The van der Waals surface area contributed by atoms with Crippen LogP contribution in [0.5, 0.6) is 0 Å². The highest BCUT2D eigenvalue weighted by molar-refractivity contribution is 6.33. The molecule has 1 heterocycles. The Bertz CT molecular complexity index is 1030. The van der Waals surface area contributed by atoms with Crippen molar-refractivity contribution in [1.82, 2.24) is 10.3 Å². The number of urea groups is 1. The fourth-order valence-electron chi connectivity index (χ4n) is 2.60. The van der Waals surface area contributed by atoms with E-state index in [1.54, 1.807) is 24.3 Å². The van der Waals surface area contributed by atoms with Crippen molar-refractivity contribution in [3.8, 4) is 6.07 Å². The molecule has 27 heavy (non-hydrogen) atoms. The summed E-state index contributed by atoms with van der Waals surface area (Å²) in [6.45, 7) is 2.78. The predicted molar refractivity (Wildman–Crippen MR) is 108 cm³/mol. The number of benzene rings is 2. The molecule has 0 aliphatic carbocycles. The number of hydrogen-bond acceptors (Lipinski definition) is 4. The van der Waals surface area contributed by atoms with Gasteiger partial charge in [0.15, 0.2) is 0 Å². The lowest BCUT2D eigenvalue weighted by Crippen LogP contribution is -2.32. The molecule has 0 fully saturated rings. The summed E-state index contributed by atoms with van der Waals surface area (Å²) in [6.07, 6.45) is 0. The summed E-state index contributed by atoms with van der Waals surface area (Å²) < 4.78 is 0.